The van der Waals surface area contributed by atoms with Gasteiger partial charge in [0.1, 0.15) is 0 Å². The summed E-state index contributed by atoms with van der Waals surface area (Å²) in [5.41, 5.74) is 9.29. The highest BCUT2D eigenvalue weighted by molar-refractivity contribution is 6.05. The number of aromatic amines is 1. The Morgan fingerprint density at radius 3 is 2.82 bits per heavy atom. The van der Waals surface area contributed by atoms with Crippen molar-refractivity contribution in [3.05, 3.63) is 41.2 Å². The van der Waals surface area contributed by atoms with Crippen LogP contribution in [0.5, 0.6) is 0 Å². The van der Waals surface area contributed by atoms with Crippen LogP contribution in [0.2, 0.25) is 0 Å². The number of amides is 1. The van der Waals surface area contributed by atoms with Crippen LogP contribution >= 0.6 is 0 Å². The highest BCUT2D eigenvalue weighted by atomic mass is 16.1. The maximum atomic E-state index is 11.9. The van der Waals surface area contributed by atoms with Gasteiger partial charge in [0.2, 0.25) is 0 Å². The number of nitrogens with two attached hydrogens (primary N) is 1. The number of aryl methyl sites for hydroxylation is 1. The van der Waals surface area contributed by atoms with Crippen molar-refractivity contribution in [3.63, 3.8) is 0 Å². The molecule has 17 heavy (non-hydrogen) atoms. The molecule has 5 heteroatoms. The minimum absolute atomic E-state index is 0.190. The van der Waals surface area contributed by atoms with Gasteiger partial charge in [-0.1, -0.05) is 6.07 Å². The summed E-state index contributed by atoms with van der Waals surface area (Å²) in [7, 11) is 0. The van der Waals surface area contributed by atoms with E-state index in [0.29, 0.717) is 11.3 Å². The predicted molar refractivity (Wildman–Crippen MR) is 66.9 cm³/mol. The molecule has 0 atom stereocenters. The lowest BCUT2D eigenvalue weighted by Crippen LogP contribution is -2.13. The molecule has 1 aromatic heterocycles. The van der Waals surface area contributed by atoms with Crippen LogP contribution < -0.4 is 11.1 Å². The molecule has 0 saturated heterocycles. The van der Waals surface area contributed by atoms with E-state index in [1.807, 2.05) is 13.0 Å². The first-order valence-electron chi connectivity index (χ1n) is 5.26. The zero-order valence-corrected chi connectivity index (χ0v) is 9.74. The Balaban J connectivity index is 2.25. The second-order valence-electron chi connectivity index (χ2n) is 3.88. The fourth-order valence-corrected chi connectivity index (χ4v) is 1.56. The monoisotopic (exact) mass is 230 g/mol. The number of anilines is 2. The van der Waals surface area contributed by atoms with Crippen LogP contribution in [0.25, 0.3) is 0 Å². The average Bonchev–Trinajstić information content (AvgIpc) is 2.71. The highest BCUT2D eigenvalue weighted by Crippen LogP contribution is 2.21. The molecule has 5 nitrogen and oxygen atoms in total. The largest absolute Gasteiger partial charge is 0.398 e. The quantitative estimate of drug-likeness (QED) is 0.688. The molecule has 1 heterocycles. The summed E-state index contributed by atoms with van der Waals surface area (Å²) in [6.07, 6.45) is 1.51. The molecule has 0 bridgehead atoms. The smallest absolute Gasteiger partial charge is 0.259 e. The van der Waals surface area contributed by atoms with E-state index in [1.54, 1.807) is 19.1 Å². The lowest BCUT2D eigenvalue weighted by Gasteiger charge is -2.09. The molecule has 2 aromatic rings. The van der Waals surface area contributed by atoms with Crippen molar-refractivity contribution in [2.45, 2.75) is 13.8 Å². The third-order valence-corrected chi connectivity index (χ3v) is 2.70. The number of carbonyl (C=O) groups is 1. The fourth-order valence-electron chi connectivity index (χ4n) is 1.56. The summed E-state index contributed by atoms with van der Waals surface area (Å²) in [5, 5.41) is 9.35. The molecule has 0 aliphatic heterocycles. The molecule has 0 fully saturated rings. The summed E-state index contributed by atoms with van der Waals surface area (Å²) in [6.45, 7) is 3.67. The van der Waals surface area contributed by atoms with Gasteiger partial charge in [0, 0.05) is 17.1 Å². The Hall–Kier alpha value is -2.30. The molecule has 0 aliphatic rings. The molecular weight excluding hydrogens is 216 g/mol. The number of carbonyl (C=O) groups excluding carboxylic acids is 1. The van der Waals surface area contributed by atoms with Gasteiger partial charge in [0.25, 0.3) is 5.91 Å². The van der Waals surface area contributed by atoms with Gasteiger partial charge in [0.05, 0.1) is 11.8 Å². The van der Waals surface area contributed by atoms with Crippen LogP contribution in [-0.2, 0) is 0 Å². The van der Waals surface area contributed by atoms with Gasteiger partial charge in [-0.2, -0.15) is 5.10 Å². The molecule has 2 rings (SSSR count). The summed E-state index contributed by atoms with van der Waals surface area (Å²) in [4.78, 5) is 11.9. The van der Waals surface area contributed by atoms with E-state index < -0.39 is 0 Å². The highest BCUT2D eigenvalue weighted by Gasteiger charge is 2.12. The van der Waals surface area contributed by atoms with Crippen LogP contribution in [0.1, 0.15) is 21.6 Å². The number of benzene rings is 1. The molecule has 1 amide bonds. The van der Waals surface area contributed by atoms with E-state index in [9.17, 15) is 4.79 Å². The molecule has 4 N–H and O–H groups in total. The van der Waals surface area contributed by atoms with Crippen LogP contribution in [0, 0.1) is 13.8 Å². The minimum atomic E-state index is -0.190. The Morgan fingerprint density at radius 1 is 1.41 bits per heavy atom. The number of hydrogen-bond donors (Lipinski definition) is 3. The number of nitrogens with zero attached hydrogens (tertiary/aromatic N) is 1. The van der Waals surface area contributed by atoms with E-state index in [-0.39, 0.29) is 5.91 Å². The van der Waals surface area contributed by atoms with E-state index in [1.165, 1.54) is 6.20 Å². The van der Waals surface area contributed by atoms with E-state index >= 15 is 0 Å². The molecule has 0 aliphatic carbocycles. The molecule has 0 saturated carbocycles. The first-order chi connectivity index (χ1) is 8.09. The van der Waals surface area contributed by atoms with Crippen molar-refractivity contribution in [2.24, 2.45) is 0 Å². The zero-order valence-electron chi connectivity index (χ0n) is 9.74. The second-order valence-corrected chi connectivity index (χ2v) is 3.88. The first-order valence-corrected chi connectivity index (χ1v) is 5.26. The van der Waals surface area contributed by atoms with Gasteiger partial charge in [-0.3, -0.25) is 9.89 Å². The first kappa shape index (κ1) is 11.2. The van der Waals surface area contributed by atoms with E-state index in [2.05, 4.69) is 15.5 Å². The maximum absolute atomic E-state index is 11.9. The fraction of sp³-hybridized carbons (Fsp3) is 0.167. The van der Waals surface area contributed by atoms with Gasteiger partial charge in [-0.15, -0.1) is 0 Å². The van der Waals surface area contributed by atoms with Crippen LogP contribution in [0.4, 0.5) is 11.4 Å². The summed E-state index contributed by atoms with van der Waals surface area (Å²) in [5.74, 6) is -0.190. The van der Waals surface area contributed by atoms with Crippen LogP contribution in [0.15, 0.2) is 24.4 Å². The lowest BCUT2D eigenvalue weighted by molar-refractivity contribution is 0.102. The van der Waals surface area contributed by atoms with Gasteiger partial charge >= 0.3 is 0 Å². The van der Waals surface area contributed by atoms with Gasteiger partial charge in [-0.05, 0) is 31.5 Å². The van der Waals surface area contributed by atoms with Crippen LogP contribution in [-0.4, -0.2) is 16.1 Å². The number of H-pyrrole nitrogens is 1. The van der Waals surface area contributed by atoms with Gasteiger partial charge in [-0.25, -0.2) is 0 Å². The number of rotatable bonds is 2. The van der Waals surface area contributed by atoms with Crippen molar-refractivity contribution < 1.29 is 4.79 Å². The van der Waals surface area contributed by atoms with Gasteiger partial charge < -0.3 is 11.1 Å². The molecule has 88 valence electrons. The van der Waals surface area contributed by atoms with Crippen molar-refractivity contribution >= 4 is 17.3 Å². The van der Waals surface area contributed by atoms with Crippen molar-refractivity contribution in [1.29, 1.82) is 0 Å². The predicted octanol–water partition coefficient (Wildman–Crippen LogP) is 1.86. The Bertz CT molecular complexity index is 559. The minimum Gasteiger partial charge on any atom is -0.398 e. The Labute approximate surface area is 99.0 Å². The summed E-state index contributed by atoms with van der Waals surface area (Å²) < 4.78 is 0. The third kappa shape index (κ3) is 2.13. The SMILES string of the molecule is Cc1[nH]ncc1C(=O)Nc1cccc(N)c1C. The Morgan fingerprint density at radius 2 is 2.18 bits per heavy atom. The maximum Gasteiger partial charge on any atom is 0.259 e. The summed E-state index contributed by atoms with van der Waals surface area (Å²) >= 11 is 0. The van der Waals surface area contributed by atoms with E-state index in [4.69, 9.17) is 5.73 Å². The van der Waals surface area contributed by atoms with E-state index in [0.717, 1.165) is 16.9 Å². The number of nitrogen functional groups attached to an aromatic ring is 1. The average molecular weight is 230 g/mol. The van der Waals surface area contributed by atoms with Crippen molar-refractivity contribution in [1.82, 2.24) is 10.2 Å². The zero-order chi connectivity index (χ0) is 12.4. The molecule has 1 aromatic carbocycles. The standard InChI is InChI=1S/C12H14N4O/c1-7-10(13)4-3-5-11(7)15-12(17)9-6-14-16-8(9)2/h3-6H,13H2,1-2H3,(H,14,16)(H,15,17). The van der Waals surface area contributed by atoms with Crippen molar-refractivity contribution in [2.75, 3.05) is 11.1 Å². The van der Waals surface area contributed by atoms with Gasteiger partial charge in [0.15, 0.2) is 0 Å². The lowest BCUT2D eigenvalue weighted by atomic mass is 10.1. The molecule has 0 unspecified atom stereocenters. The normalized spacial score (nSPS) is 10.2. The number of nitrogens with one attached hydrogen (secondary N) is 2. The molecular formula is C12H14N4O. The Kier molecular flexibility index (Phi) is 2.82. The second kappa shape index (κ2) is 4.29. The summed E-state index contributed by atoms with van der Waals surface area (Å²) in [6, 6.07) is 5.42. The topological polar surface area (TPSA) is 83.8 Å². The number of aromatic nitrogens is 2. The number of hydrogen-bond acceptors (Lipinski definition) is 3. The van der Waals surface area contributed by atoms with Crippen LogP contribution in [0.3, 0.4) is 0 Å². The molecule has 0 radical (unpaired) electrons. The van der Waals surface area contributed by atoms with Crippen molar-refractivity contribution in [3.8, 4) is 0 Å². The third-order valence-electron chi connectivity index (χ3n) is 2.70. The molecule has 0 spiro atoms.